The van der Waals surface area contributed by atoms with E-state index in [0.717, 1.165) is 28.7 Å². The minimum absolute atomic E-state index is 0.0287. The van der Waals surface area contributed by atoms with E-state index >= 15 is 0 Å². The van der Waals surface area contributed by atoms with Gasteiger partial charge in [0.25, 0.3) is 0 Å². The summed E-state index contributed by atoms with van der Waals surface area (Å²) in [4.78, 5) is 12.7. The van der Waals surface area contributed by atoms with Crippen LogP contribution in [0.2, 0.25) is 0 Å². The van der Waals surface area contributed by atoms with Gasteiger partial charge >= 0.3 is 0 Å². The van der Waals surface area contributed by atoms with E-state index in [1.165, 1.54) is 0 Å². The average Bonchev–Trinajstić information content (AvgIpc) is 3.15. The maximum absolute atomic E-state index is 12.7. The molecule has 0 saturated carbocycles. The zero-order valence-electron chi connectivity index (χ0n) is 14.7. The maximum atomic E-state index is 12.7. The Kier molecular flexibility index (Phi) is 5.30. The van der Waals surface area contributed by atoms with Gasteiger partial charge in [-0.15, -0.1) is 0 Å². The number of ether oxygens (including phenoxy) is 1. The first-order valence-electron chi connectivity index (χ1n) is 8.49. The van der Waals surface area contributed by atoms with Crippen molar-refractivity contribution in [2.24, 2.45) is 0 Å². The number of hydrogen-bond donors (Lipinski definition) is 0. The standard InChI is InChI=1S/C23H22O2/c1-17-14-21(22(24)13-12-19-8-6-7-9-19)23(15-18(17)2)25-16-20-10-4-3-5-11-20/h3-8,10-15H,9,16H2,1-2H3/b13-12+. The number of ketones is 1. The molecule has 2 aromatic rings. The number of aryl methyl sites for hydroxylation is 2. The molecule has 0 N–H and O–H groups in total. The summed E-state index contributed by atoms with van der Waals surface area (Å²) in [6.45, 7) is 4.49. The van der Waals surface area contributed by atoms with Gasteiger partial charge in [-0.25, -0.2) is 0 Å². The lowest BCUT2D eigenvalue weighted by Crippen LogP contribution is -2.04. The highest BCUT2D eigenvalue weighted by atomic mass is 16.5. The summed E-state index contributed by atoms with van der Waals surface area (Å²) < 4.78 is 5.97. The van der Waals surface area contributed by atoms with Crippen LogP contribution in [0.3, 0.4) is 0 Å². The fourth-order valence-corrected chi connectivity index (χ4v) is 2.70. The van der Waals surface area contributed by atoms with Crippen LogP contribution in [0.1, 0.15) is 33.5 Å². The first-order chi connectivity index (χ1) is 12.1. The van der Waals surface area contributed by atoms with Gasteiger partial charge in [0.2, 0.25) is 0 Å². The largest absolute Gasteiger partial charge is 0.488 e. The minimum Gasteiger partial charge on any atom is -0.488 e. The molecule has 0 saturated heterocycles. The maximum Gasteiger partial charge on any atom is 0.189 e. The van der Waals surface area contributed by atoms with Crippen LogP contribution in [0.4, 0.5) is 0 Å². The van der Waals surface area contributed by atoms with E-state index in [4.69, 9.17) is 4.74 Å². The quantitative estimate of drug-likeness (QED) is 0.516. The Labute approximate surface area is 149 Å². The number of carbonyl (C=O) groups excluding carboxylic acids is 1. The van der Waals surface area contributed by atoms with Crippen molar-refractivity contribution in [2.45, 2.75) is 26.9 Å². The molecule has 0 radical (unpaired) electrons. The summed E-state index contributed by atoms with van der Waals surface area (Å²) in [5, 5.41) is 0. The normalized spacial score (nSPS) is 13.3. The van der Waals surface area contributed by atoms with Crippen molar-refractivity contribution in [2.75, 3.05) is 0 Å². The number of carbonyl (C=O) groups is 1. The fraction of sp³-hybridized carbons (Fsp3) is 0.174. The van der Waals surface area contributed by atoms with E-state index in [9.17, 15) is 4.79 Å². The third-order valence-corrected chi connectivity index (χ3v) is 4.35. The summed E-state index contributed by atoms with van der Waals surface area (Å²) in [7, 11) is 0. The fourth-order valence-electron chi connectivity index (χ4n) is 2.70. The van der Waals surface area contributed by atoms with E-state index < -0.39 is 0 Å². The molecule has 0 atom stereocenters. The van der Waals surface area contributed by atoms with Crippen LogP contribution < -0.4 is 4.74 Å². The first kappa shape index (κ1) is 17.0. The van der Waals surface area contributed by atoms with Gasteiger partial charge in [-0.1, -0.05) is 54.6 Å². The number of hydrogen-bond acceptors (Lipinski definition) is 2. The molecular formula is C23H22O2. The van der Waals surface area contributed by atoms with Gasteiger partial charge in [0.1, 0.15) is 12.4 Å². The average molecular weight is 330 g/mol. The third-order valence-electron chi connectivity index (χ3n) is 4.35. The van der Waals surface area contributed by atoms with Crippen molar-refractivity contribution in [1.82, 2.24) is 0 Å². The molecule has 0 fully saturated rings. The first-order valence-corrected chi connectivity index (χ1v) is 8.49. The Bertz CT molecular complexity index is 855. The Morgan fingerprint density at radius 1 is 1.12 bits per heavy atom. The molecule has 0 heterocycles. The van der Waals surface area contributed by atoms with E-state index in [2.05, 4.69) is 6.08 Å². The second-order valence-electron chi connectivity index (χ2n) is 6.28. The zero-order valence-corrected chi connectivity index (χ0v) is 14.7. The predicted molar refractivity (Wildman–Crippen MR) is 102 cm³/mol. The van der Waals surface area contributed by atoms with Crippen LogP contribution in [0.15, 0.2) is 78.4 Å². The van der Waals surface area contributed by atoms with Gasteiger partial charge in [-0.05, 0) is 60.7 Å². The monoisotopic (exact) mass is 330 g/mol. The van der Waals surface area contributed by atoms with Crippen LogP contribution in [0.5, 0.6) is 5.75 Å². The van der Waals surface area contributed by atoms with E-state index in [1.807, 2.05) is 74.5 Å². The third kappa shape index (κ3) is 4.36. The molecule has 1 aliphatic carbocycles. The molecule has 0 amide bonds. The Balaban J connectivity index is 1.81. The van der Waals surface area contributed by atoms with E-state index in [0.29, 0.717) is 17.9 Å². The van der Waals surface area contributed by atoms with Crippen LogP contribution in [0, 0.1) is 13.8 Å². The molecule has 126 valence electrons. The number of rotatable bonds is 6. The van der Waals surface area contributed by atoms with Gasteiger partial charge in [0, 0.05) is 0 Å². The van der Waals surface area contributed by atoms with Gasteiger partial charge in [-0.2, -0.15) is 0 Å². The number of benzene rings is 2. The topological polar surface area (TPSA) is 26.3 Å². The van der Waals surface area contributed by atoms with Crippen LogP contribution >= 0.6 is 0 Å². The molecule has 2 nitrogen and oxygen atoms in total. The summed E-state index contributed by atoms with van der Waals surface area (Å²) in [6, 6.07) is 13.9. The van der Waals surface area contributed by atoms with Crippen molar-refractivity contribution in [3.8, 4) is 5.75 Å². The molecule has 25 heavy (non-hydrogen) atoms. The summed E-state index contributed by atoms with van der Waals surface area (Å²) >= 11 is 0. The molecule has 2 heteroatoms. The van der Waals surface area contributed by atoms with Crippen molar-refractivity contribution >= 4 is 5.78 Å². The van der Waals surface area contributed by atoms with Gasteiger partial charge in [0.15, 0.2) is 5.78 Å². The molecule has 2 aromatic carbocycles. The molecular weight excluding hydrogens is 308 g/mol. The van der Waals surface area contributed by atoms with E-state index in [-0.39, 0.29) is 5.78 Å². The Morgan fingerprint density at radius 2 is 1.88 bits per heavy atom. The highest BCUT2D eigenvalue weighted by molar-refractivity contribution is 6.07. The highest BCUT2D eigenvalue weighted by Gasteiger charge is 2.13. The summed E-state index contributed by atoms with van der Waals surface area (Å²) in [5.41, 5.74) is 5.04. The smallest absolute Gasteiger partial charge is 0.189 e. The lowest BCUT2D eigenvalue weighted by atomic mass is 10.0. The van der Waals surface area contributed by atoms with Crippen molar-refractivity contribution < 1.29 is 9.53 Å². The molecule has 3 rings (SSSR count). The molecule has 0 spiro atoms. The lowest BCUT2D eigenvalue weighted by molar-refractivity contribution is 0.104. The molecule has 0 aliphatic heterocycles. The predicted octanol–water partition coefficient (Wildman–Crippen LogP) is 5.51. The van der Waals surface area contributed by atoms with Crippen molar-refractivity contribution in [3.05, 3.63) is 101 Å². The Hall–Kier alpha value is -2.87. The summed E-state index contributed by atoms with van der Waals surface area (Å²) in [5.74, 6) is 0.610. The molecule has 1 aliphatic rings. The lowest BCUT2D eigenvalue weighted by Gasteiger charge is -2.13. The number of allylic oxidation sites excluding steroid dienone is 6. The van der Waals surface area contributed by atoms with Gasteiger partial charge in [-0.3, -0.25) is 4.79 Å². The van der Waals surface area contributed by atoms with Crippen LogP contribution in [-0.2, 0) is 6.61 Å². The second kappa shape index (κ2) is 7.80. The molecule has 0 bridgehead atoms. The van der Waals surface area contributed by atoms with Crippen LogP contribution in [0.25, 0.3) is 0 Å². The summed E-state index contributed by atoms with van der Waals surface area (Å²) in [6.07, 6.45) is 10.5. The van der Waals surface area contributed by atoms with Gasteiger partial charge < -0.3 is 4.74 Å². The highest BCUT2D eigenvalue weighted by Crippen LogP contribution is 2.25. The SMILES string of the molecule is Cc1cc(OCc2ccccc2)c(C(=O)/C=C/C2=CC=CC2)cc1C. The Morgan fingerprint density at radius 3 is 2.60 bits per heavy atom. The van der Waals surface area contributed by atoms with Crippen molar-refractivity contribution in [3.63, 3.8) is 0 Å². The van der Waals surface area contributed by atoms with Crippen LogP contribution in [-0.4, -0.2) is 5.78 Å². The zero-order chi connectivity index (χ0) is 17.6. The van der Waals surface area contributed by atoms with Gasteiger partial charge in [0.05, 0.1) is 5.56 Å². The molecule has 0 unspecified atom stereocenters. The van der Waals surface area contributed by atoms with E-state index in [1.54, 1.807) is 6.08 Å². The minimum atomic E-state index is -0.0287. The second-order valence-corrected chi connectivity index (χ2v) is 6.28. The van der Waals surface area contributed by atoms with Crippen molar-refractivity contribution in [1.29, 1.82) is 0 Å². The molecule has 0 aromatic heterocycles.